The first-order valence-electron chi connectivity index (χ1n) is 6.25. The summed E-state index contributed by atoms with van der Waals surface area (Å²) in [6.45, 7) is 2.37. The number of nitrogens with one attached hydrogen (secondary N) is 1. The second-order valence-electron chi connectivity index (χ2n) is 4.50. The molecular weight excluding hydrogens is 230 g/mol. The Hall–Kier alpha value is -1.39. The first-order valence-corrected chi connectivity index (χ1v) is 6.25. The van der Waals surface area contributed by atoms with Gasteiger partial charge in [0.2, 0.25) is 0 Å². The van der Waals surface area contributed by atoms with Crippen LogP contribution in [0.15, 0.2) is 30.3 Å². The zero-order chi connectivity index (χ0) is 12.8. The SMILES string of the molecule is COC(=O)C(NCC1CCOC1)c1ccccc1. The zero-order valence-corrected chi connectivity index (χ0v) is 10.6. The van der Waals surface area contributed by atoms with E-state index < -0.39 is 6.04 Å². The van der Waals surface area contributed by atoms with Gasteiger partial charge in [-0.25, -0.2) is 4.79 Å². The third kappa shape index (κ3) is 3.31. The molecule has 2 atom stereocenters. The van der Waals surface area contributed by atoms with Gasteiger partial charge in [-0.05, 0) is 17.9 Å². The Morgan fingerprint density at radius 3 is 2.89 bits per heavy atom. The molecule has 0 bridgehead atoms. The van der Waals surface area contributed by atoms with Crippen LogP contribution in [0.5, 0.6) is 0 Å². The normalized spacial score (nSPS) is 20.6. The second-order valence-corrected chi connectivity index (χ2v) is 4.50. The first-order chi connectivity index (χ1) is 8.81. The molecule has 0 spiro atoms. The highest BCUT2D eigenvalue weighted by Gasteiger charge is 2.23. The Labute approximate surface area is 107 Å². The lowest BCUT2D eigenvalue weighted by Crippen LogP contribution is -2.33. The van der Waals surface area contributed by atoms with Crippen LogP contribution in [0.1, 0.15) is 18.0 Å². The smallest absolute Gasteiger partial charge is 0.327 e. The van der Waals surface area contributed by atoms with Gasteiger partial charge in [0.15, 0.2) is 0 Å². The Kier molecular flexibility index (Phi) is 4.73. The number of methoxy groups -OCH3 is 1. The van der Waals surface area contributed by atoms with Crippen LogP contribution in [0.4, 0.5) is 0 Å². The van der Waals surface area contributed by atoms with Crippen molar-refractivity contribution in [1.82, 2.24) is 5.32 Å². The van der Waals surface area contributed by atoms with Crippen molar-refractivity contribution in [3.8, 4) is 0 Å². The molecule has 98 valence electrons. The topological polar surface area (TPSA) is 47.6 Å². The summed E-state index contributed by atoms with van der Waals surface area (Å²) < 4.78 is 10.2. The molecular formula is C14H19NO3. The number of benzene rings is 1. The Balaban J connectivity index is 1.99. The van der Waals surface area contributed by atoms with Crippen molar-refractivity contribution in [2.24, 2.45) is 5.92 Å². The fraction of sp³-hybridized carbons (Fsp3) is 0.500. The third-order valence-corrected chi connectivity index (χ3v) is 3.20. The molecule has 1 aromatic rings. The van der Waals surface area contributed by atoms with Crippen molar-refractivity contribution in [2.75, 3.05) is 26.9 Å². The van der Waals surface area contributed by atoms with Crippen molar-refractivity contribution in [3.63, 3.8) is 0 Å². The zero-order valence-electron chi connectivity index (χ0n) is 10.6. The molecule has 1 aliphatic heterocycles. The molecule has 18 heavy (non-hydrogen) atoms. The lowest BCUT2D eigenvalue weighted by Gasteiger charge is -2.18. The van der Waals surface area contributed by atoms with Crippen molar-refractivity contribution < 1.29 is 14.3 Å². The Morgan fingerprint density at radius 2 is 2.28 bits per heavy atom. The Morgan fingerprint density at radius 1 is 1.50 bits per heavy atom. The van der Waals surface area contributed by atoms with Crippen LogP contribution in [0.2, 0.25) is 0 Å². The summed E-state index contributed by atoms with van der Waals surface area (Å²) in [7, 11) is 1.42. The van der Waals surface area contributed by atoms with Gasteiger partial charge in [-0.3, -0.25) is 0 Å². The van der Waals surface area contributed by atoms with Crippen LogP contribution < -0.4 is 5.32 Å². The molecule has 0 radical (unpaired) electrons. The van der Waals surface area contributed by atoms with E-state index in [2.05, 4.69) is 5.32 Å². The van der Waals surface area contributed by atoms with Crippen LogP contribution in [0.25, 0.3) is 0 Å². The number of hydrogen-bond acceptors (Lipinski definition) is 4. The molecule has 1 fully saturated rings. The van der Waals surface area contributed by atoms with Gasteiger partial charge in [0.05, 0.1) is 13.7 Å². The lowest BCUT2D eigenvalue weighted by atomic mass is 10.0. The highest BCUT2D eigenvalue weighted by molar-refractivity contribution is 5.77. The molecule has 2 unspecified atom stereocenters. The minimum absolute atomic E-state index is 0.250. The summed E-state index contributed by atoms with van der Waals surface area (Å²) in [5.74, 6) is 0.237. The van der Waals surface area contributed by atoms with E-state index >= 15 is 0 Å². The number of esters is 1. The van der Waals surface area contributed by atoms with Crippen LogP contribution in [-0.4, -0.2) is 32.8 Å². The number of hydrogen-bond donors (Lipinski definition) is 1. The van der Waals surface area contributed by atoms with Gasteiger partial charge >= 0.3 is 5.97 Å². The van der Waals surface area contributed by atoms with E-state index in [0.717, 1.165) is 31.7 Å². The van der Waals surface area contributed by atoms with E-state index in [-0.39, 0.29) is 5.97 Å². The molecule has 1 heterocycles. The molecule has 4 nitrogen and oxygen atoms in total. The van der Waals surface area contributed by atoms with Gasteiger partial charge in [0, 0.05) is 13.2 Å². The summed E-state index contributed by atoms with van der Waals surface area (Å²) in [5, 5.41) is 3.27. The summed E-state index contributed by atoms with van der Waals surface area (Å²) in [4.78, 5) is 11.8. The Bertz CT molecular complexity index is 374. The van der Waals surface area contributed by atoms with Gasteiger partial charge in [-0.2, -0.15) is 0 Å². The molecule has 2 rings (SSSR count). The third-order valence-electron chi connectivity index (χ3n) is 3.20. The van der Waals surface area contributed by atoms with E-state index in [1.807, 2.05) is 30.3 Å². The standard InChI is InChI=1S/C14H19NO3/c1-17-14(16)13(12-5-3-2-4-6-12)15-9-11-7-8-18-10-11/h2-6,11,13,15H,7-10H2,1H3. The maximum absolute atomic E-state index is 11.8. The van der Waals surface area contributed by atoms with E-state index in [1.54, 1.807) is 0 Å². The van der Waals surface area contributed by atoms with Gasteiger partial charge in [0.25, 0.3) is 0 Å². The molecule has 0 aromatic heterocycles. The molecule has 4 heteroatoms. The second kappa shape index (κ2) is 6.52. The number of carbonyl (C=O) groups is 1. The summed E-state index contributed by atoms with van der Waals surface area (Å²) >= 11 is 0. The molecule has 0 amide bonds. The van der Waals surface area contributed by atoms with Gasteiger partial charge in [0.1, 0.15) is 6.04 Å². The summed E-state index contributed by atoms with van der Waals surface area (Å²) in [6.07, 6.45) is 1.05. The predicted molar refractivity (Wildman–Crippen MR) is 68.1 cm³/mol. The van der Waals surface area contributed by atoms with E-state index in [4.69, 9.17) is 9.47 Å². The van der Waals surface area contributed by atoms with Crippen molar-refractivity contribution in [3.05, 3.63) is 35.9 Å². The molecule has 1 aromatic carbocycles. The maximum atomic E-state index is 11.8. The largest absolute Gasteiger partial charge is 0.468 e. The van der Waals surface area contributed by atoms with Gasteiger partial charge in [-0.1, -0.05) is 30.3 Å². The van der Waals surface area contributed by atoms with E-state index in [9.17, 15) is 4.79 Å². The monoisotopic (exact) mass is 249 g/mol. The maximum Gasteiger partial charge on any atom is 0.327 e. The number of carbonyl (C=O) groups excluding carboxylic acids is 1. The molecule has 1 aliphatic rings. The highest BCUT2D eigenvalue weighted by Crippen LogP contribution is 2.17. The van der Waals surface area contributed by atoms with Crippen LogP contribution >= 0.6 is 0 Å². The van der Waals surface area contributed by atoms with Crippen molar-refractivity contribution >= 4 is 5.97 Å². The van der Waals surface area contributed by atoms with E-state index in [1.165, 1.54) is 7.11 Å². The van der Waals surface area contributed by atoms with E-state index in [0.29, 0.717) is 5.92 Å². The van der Waals surface area contributed by atoms with Crippen LogP contribution in [0, 0.1) is 5.92 Å². The molecule has 1 saturated heterocycles. The number of ether oxygens (including phenoxy) is 2. The first kappa shape index (κ1) is 13.1. The minimum atomic E-state index is -0.392. The summed E-state index contributed by atoms with van der Waals surface area (Å²) in [6, 6.07) is 9.25. The highest BCUT2D eigenvalue weighted by atomic mass is 16.5. The van der Waals surface area contributed by atoms with Crippen molar-refractivity contribution in [2.45, 2.75) is 12.5 Å². The predicted octanol–water partition coefficient (Wildman–Crippen LogP) is 1.53. The fourth-order valence-corrected chi connectivity index (χ4v) is 2.13. The van der Waals surface area contributed by atoms with Gasteiger partial charge in [-0.15, -0.1) is 0 Å². The quantitative estimate of drug-likeness (QED) is 0.804. The molecule has 0 aliphatic carbocycles. The minimum Gasteiger partial charge on any atom is -0.468 e. The van der Waals surface area contributed by atoms with Gasteiger partial charge < -0.3 is 14.8 Å². The average Bonchev–Trinajstić information content (AvgIpc) is 2.93. The van der Waals surface area contributed by atoms with Crippen molar-refractivity contribution in [1.29, 1.82) is 0 Å². The van der Waals surface area contributed by atoms with Crippen LogP contribution in [0.3, 0.4) is 0 Å². The average molecular weight is 249 g/mol. The molecule has 0 saturated carbocycles. The summed E-state index contributed by atoms with van der Waals surface area (Å²) in [5.41, 5.74) is 0.934. The van der Waals surface area contributed by atoms with Crippen LogP contribution in [-0.2, 0) is 14.3 Å². The fourth-order valence-electron chi connectivity index (χ4n) is 2.13. The molecule has 1 N–H and O–H groups in total. The number of rotatable bonds is 5. The lowest BCUT2D eigenvalue weighted by molar-refractivity contribution is -0.143.